The SMILES string of the molecule is CCOC(=O)C1=C(COC(=O)c2ccc(O)cc2)NC(=O)N[C@H]1c1ccccc1. The van der Waals surface area contributed by atoms with E-state index in [0.717, 1.165) is 0 Å². The molecule has 1 atom stereocenters. The number of phenolic OH excluding ortho intramolecular Hbond substituents is 1. The van der Waals surface area contributed by atoms with Gasteiger partial charge in [0.05, 0.1) is 29.5 Å². The third kappa shape index (κ3) is 4.73. The van der Waals surface area contributed by atoms with Gasteiger partial charge in [0, 0.05) is 0 Å². The van der Waals surface area contributed by atoms with Crippen molar-refractivity contribution in [2.45, 2.75) is 13.0 Å². The predicted octanol–water partition coefficient (Wildman–Crippen LogP) is 2.42. The zero-order chi connectivity index (χ0) is 20.8. The number of carbonyl (C=O) groups excluding carboxylic acids is 3. The van der Waals surface area contributed by atoms with Gasteiger partial charge in [0.25, 0.3) is 0 Å². The number of benzene rings is 2. The summed E-state index contributed by atoms with van der Waals surface area (Å²) in [6.07, 6.45) is 0. The molecule has 0 fully saturated rings. The Morgan fingerprint density at radius 2 is 1.69 bits per heavy atom. The van der Waals surface area contributed by atoms with Gasteiger partial charge in [0.2, 0.25) is 0 Å². The number of nitrogens with one attached hydrogen (secondary N) is 2. The van der Waals surface area contributed by atoms with Crippen LogP contribution < -0.4 is 10.6 Å². The molecular weight excluding hydrogens is 376 g/mol. The number of ether oxygens (including phenoxy) is 2. The van der Waals surface area contributed by atoms with Crippen molar-refractivity contribution in [3.63, 3.8) is 0 Å². The van der Waals surface area contributed by atoms with E-state index in [9.17, 15) is 19.5 Å². The van der Waals surface area contributed by atoms with Crippen LogP contribution in [0.15, 0.2) is 65.9 Å². The number of phenols is 1. The number of rotatable bonds is 6. The van der Waals surface area contributed by atoms with E-state index in [0.29, 0.717) is 5.56 Å². The predicted molar refractivity (Wildman–Crippen MR) is 103 cm³/mol. The average Bonchev–Trinajstić information content (AvgIpc) is 2.72. The van der Waals surface area contributed by atoms with Gasteiger partial charge < -0.3 is 25.2 Å². The highest BCUT2D eigenvalue weighted by molar-refractivity contribution is 5.95. The molecule has 2 amide bonds. The van der Waals surface area contributed by atoms with Crippen molar-refractivity contribution in [2.75, 3.05) is 13.2 Å². The van der Waals surface area contributed by atoms with Gasteiger partial charge in [-0.3, -0.25) is 0 Å². The molecule has 1 aliphatic heterocycles. The zero-order valence-electron chi connectivity index (χ0n) is 15.7. The molecule has 0 saturated heterocycles. The number of carbonyl (C=O) groups is 3. The van der Waals surface area contributed by atoms with E-state index in [1.54, 1.807) is 31.2 Å². The van der Waals surface area contributed by atoms with Crippen molar-refractivity contribution in [3.8, 4) is 5.75 Å². The molecule has 2 aromatic carbocycles. The maximum Gasteiger partial charge on any atom is 0.338 e. The van der Waals surface area contributed by atoms with Crippen molar-refractivity contribution in [1.29, 1.82) is 0 Å². The molecule has 0 saturated carbocycles. The Hall–Kier alpha value is -3.81. The Morgan fingerprint density at radius 3 is 2.34 bits per heavy atom. The standard InChI is InChI=1S/C21H20N2O6/c1-2-28-20(26)17-16(12-29-19(25)14-8-10-15(24)11-9-14)22-21(27)23-18(17)13-6-4-3-5-7-13/h3-11,18,24H,2,12H2,1H3,(H2,22,23,27)/t18-/m0/s1. The van der Waals surface area contributed by atoms with Crippen LogP contribution in [0.25, 0.3) is 0 Å². The molecule has 8 heteroatoms. The molecular formula is C21H20N2O6. The second kappa shape index (κ2) is 8.92. The third-order valence-electron chi connectivity index (χ3n) is 4.23. The molecule has 8 nitrogen and oxygen atoms in total. The Labute approximate surface area is 167 Å². The Morgan fingerprint density at radius 1 is 1.00 bits per heavy atom. The molecule has 150 valence electrons. The first-order valence-corrected chi connectivity index (χ1v) is 8.98. The summed E-state index contributed by atoms with van der Waals surface area (Å²) in [5, 5.41) is 14.6. The average molecular weight is 396 g/mol. The molecule has 0 spiro atoms. The van der Waals surface area contributed by atoms with Gasteiger partial charge in [-0.1, -0.05) is 30.3 Å². The van der Waals surface area contributed by atoms with Crippen molar-refractivity contribution >= 4 is 18.0 Å². The van der Waals surface area contributed by atoms with Gasteiger partial charge in [0.15, 0.2) is 0 Å². The highest BCUT2D eigenvalue weighted by Gasteiger charge is 2.34. The minimum Gasteiger partial charge on any atom is -0.508 e. The third-order valence-corrected chi connectivity index (χ3v) is 4.23. The van der Waals surface area contributed by atoms with Crippen molar-refractivity contribution in [1.82, 2.24) is 10.6 Å². The second-order valence-electron chi connectivity index (χ2n) is 6.18. The van der Waals surface area contributed by atoms with E-state index in [4.69, 9.17) is 9.47 Å². The number of urea groups is 1. The summed E-state index contributed by atoms with van der Waals surface area (Å²) in [5.41, 5.74) is 1.22. The topological polar surface area (TPSA) is 114 Å². The van der Waals surface area contributed by atoms with Crippen LogP contribution in [0, 0.1) is 0 Å². The molecule has 0 bridgehead atoms. The maximum atomic E-state index is 12.6. The summed E-state index contributed by atoms with van der Waals surface area (Å²) in [6.45, 7) is 1.50. The largest absolute Gasteiger partial charge is 0.508 e. The van der Waals surface area contributed by atoms with Gasteiger partial charge in [-0.2, -0.15) is 0 Å². The summed E-state index contributed by atoms with van der Waals surface area (Å²) in [6, 6.07) is 13.2. The molecule has 3 N–H and O–H groups in total. The van der Waals surface area contributed by atoms with Crippen LogP contribution in [0.2, 0.25) is 0 Å². The lowest BCUT2D eigenvalue weighted by atomic mass is 9.95. The zero-order valence-corrected chi connectivity index (χ0v) is 15.7. The lowest BCUT2D eigenvalue weighted by Gasteiger charge is -2.29. The lowest BCUT2D eigenvalue weighted by molar-refractivity contribution is -0.139. The highest BCUT2D eigenvalue weighted by Crippen LogP contribution is 2.28. The van der Waals surface area contributed by atoms with Crippen LogP contribution in [0.5, 0.6) is 5.75 Å². The van der Waals surface area contributed by atoms with Gasteiger partial charge in [0.1, 0.15) is 12.4 Å². The number of hydrogen-bond donors (Lipinski definition) is 3. The monoisotopic (exact) mass is 396 g/mol. The first kappa shape index (κ1) is 19.9. The normalized spacial score (nSPS) is 15.9. The quantitative estimate of drug-likeness (QED) is 0.646. The van der Waals surface area contributed by atoms with Gasteiger partial charge in [-0.05, 0) is 36.8 Å². The fourth-order valence-corrected chi connectivity index (χ4v) is 2.90. The van der Waals surface area contributed by atoms with Crippen LogP contribution in [-0.2, 0) is 14.3 Å². The van der Waals surface area contributed by atoms with Crippen molar-refractivity contribution < 1.29 is 29.0 Å². The number of esters is 2. The van der Waals surface area contributed by atoms with E-state index >= 15 is 0 Å². The van der Waals surface area contributed by atoms with E-state index in [-0.39, 0.29) is 35.8 Å². The van der Waals surface area contributed by atoms with Crippen LogP contribution in [0.3, 0.4) is 0 Å². The van der Waals surface area contributed by atoms with Gasteiger partial charge in [-0.15, -0.1) is 0 Å². The minimum atomic E-state index is -0.744. The second-order valence-corrected chi connectivity index (χ2v) is 6.18. The Kier molecular flexibility index (Phi) is 6.13. The van der Waals surface area contributed by atoms with E-state index in [1.165, 1.54) is 24.3 Å². The van der Waals surface area contributed by atoms with E-state index in [1.807, 2.05) is 6.07 Å². The number of hydrogen-bond acceptors (Lipinski definition) is 6. The molecule has 3 rings (SSSR count). The molecule has 0 unspecified atom stereocenters. The van der Waals surface area contributed by atoms with Crippen molar-refractivity contribution in [3.05, 3.63) is 77.0 Å². The van der Waals surface area contributed by atoms with E-state index in [2.05, 4.69) is 10.6 Å². The summed E-state index contributed by atoms with van der Waals surface area (Å²) in [5.74, 6) is -1.26. The van der Waals surface area contributed by atoms with E-state index < -0.39 is 24.0 Å². The smallest absolute Gasteiger partial charge is 0.338 e. The highest BCUT2D eigenvalue weighted by atomic mass is 16.5. The summed E-state index contributed by atoms with van der Waals surface area (Å²) in [4.78, 5) is 37.0. The first-order chi connectivity index (χ1) is 14.0. The Bertz CT molecular complexity index is 937. The fourth-order valence-electron chi connectivity index (χ4n) is 2.90. The maximum absolute atomic E-state index is 12.6. The van der Waals surface area contributed by atoms with Crippen molar-refractivity contribution in [2.24, 2.45) is 0 Å². The van der Waals surface area contributed by atoms with Gasteiger partial charge in [-0.25, -0.2) is 14.4 Å². The fraction of sp³-hybridized carbons (Fsp3) is 0.190. The summed E-state index contributed by atoms with van der Waals surface area (Å²) >= 11 is 0. The summed E-state index contributed by atoms with van der Waals surface area (Å²) < 4.78 is 10.4. The number of aromatic hydroxyl groups is 1. The van der Waals surface area contributed by atoms with Gasteiger partial charge >= 0.3 is 18.0 Å². The summed E-state index contributed by atoms with van der Waals surface area (Å²) in [7, 11) is 0. The lowest BCUT2D eigenvalue weighted by Crippen LogP contribution is -2.47. The molecule has 29 heavy (non-hydrogen) atoms. The molecule has 2 aromatic rings. The molecule has 1 heterocycles. The van der Waals surface area contributed by atoms with Crippen LogP contribution in [0.1, 0.15) is 28.9 Å². The minimum absolute atomic E-state index is 0.0187. The first-order valence-electron chi connectivity index (χ1n) is 8.98. The molecule has 0 aliphatic carbocycles. The molecule has 0 radical (unpaired) electrons. The molecule has 1 aliphatic rings. The number of amides is 2. The Balaban J connectivity index is 1.89. The van der Waals surface area contributed by atoms with Crippen LogP contribution in [0.4, 0.5) is 4.79 Å². The molecule has 0 aromatic heterocycles. The van der Waals surface area contributed by atoms with Crippen LogP contribution >= 0.6 is 0 Å². The van der Waals surface area contributed by atoms with Crippen LogP contribution in [-0.4, -0.2) is 36.3 Å².